The van der Waals surface area contributed by atoms with Crippen molar-refractivity contribution in [1.29, 1.82) is 0 Å². The summed E-state index contributed by atoms with van der Waals surface area (Å²) in [6.45, 7) is 12.4. The third kappa shape index (κ3) is 8.15. The van der Waals surface area contributed by atoms with Gasteiger partial charge >= 0.3 is 0 Å². The van der Waals surface area contributed by atoms with Crippen molar-refractivity contribution in [2.24, 2.45) is 20.6 Å². The van der Waals surface area contributed by atoms with Crippen molar-refractivity contribution in [2.75, 3.05) is 0 Å². The first-order chi connectivity index (χ1) is 25.0. The van der Waals surface area contributed by atoms with E-state index in [-0.39, 0.29) is 0 Å². The SMILES string of the molecule is CCCCCCCn1nc2c(-c3cc4sc(CC(CC)CCCC)cc4s3)c3c(c(-c4cc5sc(CC(CC)CCCC)cc5s4)c2n1)N=S=N3. The number of aryl methyl sites for hydroxylation is 1. The third-order valence-corrected chi connectivity index (χ3v) is 15.8. The van der Waals surface area contributed by atoms with Crippen LogP contribution in [0.3, 0.4) is 0 Å². The van der Waals surface area contributed by atoms with Gasteiger partial charge in [0.25, 0.3) is 0 Å². The lowest BCUT2D eigenvalue weighted by atomic mass is 9.95. The van der Waals surface area contributed by atoms with Crippen molar-refractivity contribution < 1.29 is 0 Å². The Hall–Kier alpha value is -2.24. The van der Waals surface area contributed by atoms with Crippen LogP contribution in [-0.2, 0) is 30.7 Å². The molecule has 0 spiro atoms. The van der Waals surface area contributed by atoms with Gasteiger partial charge in [0.2, 0.25) is 0 Å². The van der Waals surface area contributed by atoms with E-state index in [0.717, 1.165) is 58.3 Å². The summed E-state index contributed by atoms with van der Waals surface area (Å²) in [4.78, 5) is 7.47. The molecule has 272 valence electrons. The minimum atomic E-state index is 0.778. The molecule has 10 heteroatoms. The first-order valence-corrected chi connectivity index (χ1v) is 23.6. The summed E-state index contributed by atoms with van der Waals surface area (Å²) in [5.74, 6) is 1.56. The number of rotatable bonds is 20. The maximum Gasteiger partial charge on any atom is 0.124 e. The normalized spacial score (nSPS) is 14.0. The lowest BCUT2D eigenvalue weighted by Gasteiger charge is -2.12. The van der Waals surface area contributed by atoms with Gasteiger partial charge in [0, 0.05) is 38.3 Å². The Bertz CT molecular complexity index is 1950. The number of unbranched alkanes of at least 4 members (excludes halogenated alkanes) is 6. The number of hydrogen-bond donors (Lipinski definition) is 0. The Morgan fingerprint density at radius 2 is 1.02 bits per heavy atom. The molecule has 1 aliphatic heterocycles. The molecule has 5 aromatic heterocycles. The minimum absolute atomic E-state index is 0.778. The molecule has 51 heavy (non-hydrogen) atoms. The predicted octanol–water partition coefficient (Wildman–Crippen LogP) is 15.5. The fraction of sp³-hybridized carbons (Fsp3) is 0.561. The largest absolute Gasteiger partial charge is 0.184 e. The predicted molar refractivity (Wildman–Crippen MR) is 229 cm³/mol. The first-order valence-electron chi connectivity index (χ1n) is 19.6. The topological polar surface area (TPSA) is 55.4 Å². The number of hydrogen-bond acceptors (Lipinski definition) is 8. The van der Waals surface area contributed by atoms with Crippen LogP contribution < -0.4 is 0 Å². The molecule has 0 fully saturated rings. The number of thiophene rings is 4. The van der Waals surface area contributed by atoms with Crippen molar-refractivity contribution in [3.8, 4) is 20.9 Å². The van der Waals surface area contributed by atoms with Gasteiger partial charge in [0.15, 0.2) is 0 Å². The fourth-order valence-electron chi connectivity index (χ4n) is 7.52. The molecular formula is C41H53N5S5. The van der Waals surface area contributed by atoms with E-state index in [4.69, 9.17) is 18.9 Å². The third-order valence-electron chi connectivity index (χ3n) is 10.6. The summed E-state index contributed by atoms with van der Waals surface area (Å²) in [7, 11) is 0. The molecule has 0 bridgehead atoms. The Morgan fingerprint density at radius 3 is 1.47 bits per heavy atom. The van der Waals surface area contributed by atoms with Crippen LogP contribution in [-0.4, -0.2) is 15.0 Å². The molecule has 0 aliphatic carbocycles. The highest BCUT2D eigenvalue weighted by atomic mass is 32.1. The molecule has 6 heterocycles. The highest BCUT2D eigenvalue weighted by Gasteiger charge is 2.29. The lowest BCUT2D eigenvalue weighted by molar-refractivity contribution is 0.452. The van der Waals surface area contributed by atoms with Crippen molar-refractivity contribution in [3.63, 3.8) is 0 Å². The quantitative estimate of drug-likeness (QED) is 0.0724. The van der Waals surface area contributed by atoms with Crippen LogP contribution >= 0.6 is 45.3 Å². The fourth-order valence-corrected chi connectivity index (χ4v) is 13.3. The van der Waals surface area contributed by atoms with Gasteiger partial charge in [-0.15, -0.1) is 45.3 Å². The van der Waals surface area contributed by atoms with Crippen LogP contribution in [0.2, 0.25) is 0 Å². The Labute approximate surface area is 323 Å². The summed E-state index contributed by atoms with van der Waals surface area (Å²) in [5.41, 5.74) is 6.10. The Kier molecular flexibility index (Phi) is 12.6. The summed E-state index contributed by atoms with van der Waals surface area (Å²) >= 11 is 9.05. The van der Waals surface area contributed by atoms with Crippen LogP contribution in [0, 0.1) is 11.8 Å². The second-order valence-corrected chi connectivity index (χ2v) is 19.5. The number of nitrogens with zero attached hydrogens (tertiary/aromatic N) is 5. The van der Waals surface area contributed by atoms with E-state index >= 15 is 0 Å². The van der Waals surface area contributed by atoms with E-state index in [2.05, 4.69) is 58.9 Å². The van der Waals surface area contributed by atoms with Crippen molar-refractivity contribution in [1.82, 2.24) is 15.0 Å². The van der Waals surface area contributed by atoms with Gasteiger partial charge in [0.1, 0.15) is 22.4 Å². The van der Waals surface area contributed by atoms with Gasteiger partial charge < -0.3 is 0 Å². The average molecular weight is 776 g/mol. The van der Waals surface area contributed by atoms with E-state index in [1.54, 1.807) is 0 Å². The average Bonchev–Trinajstić information content (AvgIpc) is 3.98. The van der Waals surface area contributed by atoms with E-state index in [0.29, 0.717) is 0 Å². The zero-order valence-electron chi connectivity index (χ0n) is 31.1. The molecule has 0 amide bonds. The molecule has 2 atom stereocenters. The second-order valence-electron chi connectivity index (χ2n) is 14.5. The molecular weight excluding hydrogens is 723 g/mol. The Balaban J connectivity index is 1.26. The van der Waals surface area contributed by atoms with Crippen LogP contribution in [0.15, 0.2) is 33.0 Å². The van der Waals surface area contributed by atoms with Crippen LogP contribution in [0.4, 0.5) is 11.4 Å². The summed E-state index contributed by atoms with van der Waals surface area (Å²) in [6.07, 6.45) is 18.9. The van der Waals surface area contributed by atoms with Gasteiger partial charge in [-0.3, -0.25) is 0 Å². The first kappa shape index (κ1) is 37.1. The standard InChI is InChI=1S/C41H53N5S5/c1-6-11-14-15-16-19-46-42-38-36(34-24-32-30(49-34)22-28(47-32)20-26(9-4)17-12-7-2)40-41(45-51-44-40)37(39(38)43-46)35-25-33-31(50-35)23-29(48-33)21-27(10-5)18-13-8-3/h22-27H,6-21H2,1-5H3. The number of aromatic nitrogens is 3. The number of fused-ring (bicyclic) bond motifs is 4. The summed E-state index contributed by atoms with van der Waals surface area (Å²) in [5, 5.41) is 10.5. The zero-order valence-corrected chi connectivity index (χ0v) is 35.1. The molecule has 2 unspecified atom stereocenters. The molecule has 5 nitrogen and oxygen atoms in total. The maximum atomic E-state index is 5.26. The monoisotopic (exact) mass is 775 g/mol. The second kappa shape index (κ2) is 17.3. The summed E-state index contributed by atoms with van der Waals surface area (Å²) < 4.78 is 15.5. The van der Waals surface area contributed by atoms with Gasteiger partial charge in [0.05, 0.1) is 29.0 Å². The van der Waals surface area contributed by atoms with E-state index < -0.39 is 0 Å². The molecule has 7 rings (SSSR count). The number of benzene rings is 1. The molecule has 6 aromatic rings. The van der Waals surface area contributed by atoms with Crippen LogP contribution in [0.25, 0.3) is 50.7 Å². The molecule has 0 radical (unpaired) electrons. The van der Waals surface area contributed by atoms with Crippen LogP contribution in [0.5, 0.6) is 0 Å². The van der Waals surface area contributed by atoms with Gasteiger partial charge in [-0.05, 0) is 55.4 Å². The maximum absolute atomic E-state index is 5.26. The van der Waals surface area contributed by atoms with Crippen molar-refractivity contribution in [2.45, 2.75) is 137 Å². The zero-order chi connectivity index (χ0) is 35.3. The molecule has 0 saturated carbocycles. The van der Waals surface area contributed by atoms with Gasteiger partial charge in [-0.2, -0.15) is 23.7 Å². The van der Waals surface area contributed by atoms with Crippen LogP contribution in [0.1, 0.15) is 128 Å². The highest BCUT2D eigenvalue weighted by Crippen LogP contribution is 2.55. The molecule has 0 saturated heterocycles. The van der Waals surface area contributed by atoms with Gasteiger partial charge in [-0.25, -0.2) is 0 Å². The van der Waals surface area contributed by atoms with E-state index in [9.17, 15) is 0 Å². The minimum Gasteiger partial charge on any atom is -0.184 e. The highest BCUT2D eigenvalue weighted by molar-refractivity contribution is 7.58. The molecule has 1 aromatic carbocycles. The Morgan fingerprint density at radius 1 is 0.549 bits per heavy atom. The molecule has 1 aliphatic rings. The van der Waals surface area contributed by atoms with Gasteiger partial charge in [-0.1, -0.05) is 112 Å². The smallest absolute Gasteiger partial charge is 0.124 e. The van der Waals surface area contributed by atoms with Crippen molar-refractivity contribution >= 4 is 97.9 Å². The molecule has 0 N–H and O–H groups in total. The summed E-state index contributed by atoms with van der Waals surface area (Å²) in [6, 6.07) is 9.70. The lowest BCUT2D eigenvalue weighted by Crippen LogP contribution is -2.02. The van der Waals surface area contributed by atoms with E-state index in [1.165, 1.54) is 140 Å². The van der Waals surface area contributed by atoms with Crippen molar-refractivity contribution in [3.05, 3.63) is 34.0 Å². The van der Waals surface area contributed by atoms with E-state index in [1.807, 2.05) is 50.1 Å².